The Bertz CT molecular complexity index is 364. The summed E-state index contributed by atoms with van der Waals surface area (Å²) in [6, 6.07) is 0. The lowest BCUT2D eigenvalue weighted by Gasteiger charge is -2.48. The molecule has 2 fully saturated rings. The van der Waals surface area contributed by atoms with Gasteiger partial charge in [-0.3, -0.25) is 9.69 Å². The van der Waals surface area contributed by atoms with Crippen LogP contribution in [-0.2, 0) is 9.53 Å². The van der Waals surface area contributed by atoms with Crippen LogP contribution in [0.5, 0.6) is 0 Å². The van der Waals surface area contributed by atoms with E-state index >= 15 is 0 Å². The fraction of sp³-hybridized carbons (Fsp3) is 0.944. The zero-order valence-corrected chi connectivity index (χ0v) is 15.9. The molecule has 2 saturated heterocycles. The molecule has 0 saturated carbocycles. The fourth-order valence-electron chi connectivity index (χ4n) is 3.83. The molecular weight excluding hydrogens is 308 g/mol. The number of hydrogen-bond acceptors (Lipinski definition) is 4. The number of nitrogens with one attached hydrogen (secondary N) is 1. The normalized spacial score (nSPS) is 23.7. The molecule has 1 amide bonds. The van der Waals surface area contributed by atoms with Gasteiger partial charge in [-0.15, -0.1) is 11.8 Å². The van der Waals surface area contributed by atoms with Crippen LogP contribution in [0, 0.1) is 5.92 Å². The van der Waals surface area contributed by atoms with Crippen LogP contribution in [0.25, 0.3) is 0 Å². The van der Waals surface area contributed by atoms with Crippen LogP contribution < -0.4 is 5.32 Å². The molecule has 1 N–H and O–H groups in total. The molecule has 5 heteroatoms. The number of ether oxygens (including phenoxy) is 1. The first kappa shape index (κ1) is 19.1. The number of thioether (sulfide) groups is 1. The Labute approximate surface area is 146 Å². The second-order valence-corrected chi connectivity index (χ2v) is 8.64. The molecule has 2 aliphatic heterocycles. The molecular formula is C18H34N2O2S. The minimum Gasteiger partial charge on any atom is -0.381 e. The lowest BCUT2D eigenvalue weighted by Crippen LogP contribution is -2.60. The summed E-state index contributed by atoms with van der Waals surface area (Å²) in [4.78, 5) is 15.3. The summed E-state index contributed by atoms with van der Waals surface area (Å²) in [6.45, 7) is 11.2. The molecule has 0 aromatic carbocycles. The number of hydrogen-bond donors (Lipinski definition) is 1. The molecule has 0 unspecified atom stereocenters. The average molecular weight is 343 g/mol. The van der Waals surface area contributed by atoms with E-state index in [-0.39, 0.29) is 16.7 Å². The molecule has 0 spiro atoms. The summed E-state index contributed by atoms with van der Waals surface area (Å²) in [6.07, 6.45) is 6.01. The molecule has 4 nitrogen and oxygen atoms in total. The van der Waals surface area contributed by atoms with Crippen LogP contribution in [0.3, 0.4) is 0 Å². The second-order valence-electron chi connectivity index (χ2n) is 7.22. The molecule has 0 aromatic heterocycles. The highest BCUT2D eigenvalue weighted by Crippen LogP contribution is 2.30. The van der Waals surface area contributed by atoms with Crippen LogP contribution in [-0.4, -0.2) is 60.2 Å². The lowest BCUT2D eigenvalue weighted by molar-refractivity contribution is -0.122. The lowest BCUT2D eigenvalue weighted by atomic mass is 9.86. The Kier molecular flexibility index (Phi) is 7.70. The van der Waals surface area contributed by atoms with Crippen molar-refractivity contribution < 1.29 is 9.53 Å². The summed E-state index contributed by atoms with van der Waals surface area (Å²) in [5.74, 6) is 1.58. The average Bonchev–Trinajstić information content (AvgIpc) is 2.59. The van der Waals surface area contributed by atoms with Gasteiger partial charge in [-0.2, -0.15) is 0 Å². The quantitative estimate of drug-likeness (QED) is 0.772. The van der Waals surface area contributed by atoms with Gasteiger partial charge in [-0.1, -0.05) is 27.2 Å². The maximum absolute atomic E-state index is 12.7. The van der Waals surface area contributed by atoms with E-state index in [4.69, 9.17) is 4.74 Å². The van der Waals surface area contributed by atoms with Crippen LogP contribution in [0.2, 0.25) is 0 Å². The third-order valence-corrected chi connectivity index (χ3v) is 6.70. The fourth-order valence-corrected chi connectivity index (χ4v) is 4.81. The molecule has 0 aliphatic carbocycles. The van der Waals surface area contributed by atoms with Crippen molar-refractivity contribution in [3.05, 3.63) is 0 Å². The van der Waals surface area contributed by atoms with E-state index in [0.717, 1.165) is 38.4 Å². The van der Waals surface area contributed by atoms with Crippen molar-refractivity contribution in [1.29, 1.82) is 0 Å². The number of amides is 1. The van der Waals surface area contributed by atoms with Crippen LogP contribution in [0.1, 0.15) is 52.9 Å². The number of rotatable bonds is 7. The summed E-state index contributed by atoms with van der Waals surface area (Å²) >= 11 is 1.76. The van der Waals surface area contributed by atoms with Gasteiger partial charge in [-0.25, -0.2) is 0 Å². The second kappa shape index (κ2) is 9.28. The predicted octanol–water partition coefficient (Wildman–Crippen LogP) is 2.92. The van der Waals surface area contributed by atoms with Gasteiger partial charge in [-0.05, 0) is 50.4 Å². The van der Waals surface area contributed by atoms with Crippen molar-refractivity contribution >= 4 is 17.7 Å². The number of nitrogens with zero attached hydrogens (tertiary/aromatic N) is 1. The Balaban J connectivity index is 1.98. The molecule has 23 heavy (non-hydrogen) atoms. The minimum atomic E-state index is 0.0678. The topological polar surface area (TPSA) is 41.6 Å². The highest BCUT2D eigenvalue weighted by Gasteiger charge is 2.39. The van der Waals surface area contributed by atoms with Gasteiger partial charge < -0.3 is 10.1 Å². The van der Waals surface area contributed by atoms with E-state index in [1.165, 1.54) is 32.4 Å². The Hall–Kier alpha value is -0.260. The SMILES string of the molecule is CCS[C@@H](C(=O)NCC1(N2CCCCC2)CCOCC1)C(C)C. The standard InChI is InChI=1S/C18H34N2O2S/c1-4-23-16(15(2)3)17(21)19-14-18(8-12-22-13-9-18)20-10-6-5-7-11-20/h15-16H,4-14H2,1-3H3,(H,19,21)/t16-/m1/s1. The Morgan fingerprint density at radius 3 is 2.43 bits per heavy atom. The monoisotopic (exact) mass is 342 g/mol. The van der Waals surface area contributed by atoms with Gasteiger partial charge in [0.15, 0.2) is 0 Å². The van der Waals surface area contributed by atoms with E-state index in [9.17, 15) is 4.79 Å². The highest BCUT2D eigenvalue weighted by molar-refractivity contribution is 8.00. The van der Waals surface area contributed by atoms with Gasteiger partial charge in [0.1, 0.15) is 0 Å². The van der Waals surface area contributed by atoms with E-state index in [1.807, 2.05) is 0 Å². The summed E-state index contributed by atoms with van der Waals surface area (Å²) in [5.41, 5.74) is 0.118. The minimum absolute atomic E-state index is 0.0678. The zero-order valence-electron chi connectivity index (χ0n) is 15.1. The molecule has 2 heterocycles. The van der Waals surface area contributed by atoms with E-state index < -0.39 is 0 Å². The number of carbonyl (C=O) groups excluding carboxylic acids is 1. The molecule has 0 aromatic rings. The molecule has 2 rings (SSSR count). The third kappa shape index (κ3) is 5.10. The summed E-state index contributed by atoms with van der Waals surface area (Å²) in [7, 11) is 0. The molecule has 0 bridgehead atoms. The molecule has 0 radical (unpaired) electrons. The third-order valence-electron chi connectivity index (χ3n) is 5.25. The van der Waals surface area contributed by atoms with E-state index in [0.29, 0.717) is 5.92 Å². The first-order valence-corrected chi connectivity index (χ1v) is 10.4. The van der Waals surface area contributed by atoms with Gasteiger partial charge in [0.05, 0.1) is 5.25 Å². The van der Waals surface area contributed by atoms with Crippen LogP contribution >= 0.6 is 11.8 Å². The van der Waals surface area contributed by atoms with Crippen molar-refractivity contribution in [2.45, 2.75) is 63.7 Å². The molecule has 1 atom stereocenters. The van der Waals surface area contributed by atoms with Gasteiger partial charge in [0.2, 0.25) is 5.91 Å². The van der Waals surface area contributed by atoms with Crippen LogP contribution in [0.4, 0.5) is 0 Å². The Morgan fingerprint density at radius 2 is 1.87 bits per heavy atom. The molecule has 2 aliphatic rings. The maximum Gasteiger partial charge on any atom is 0.233 e. The zero-order chi connectivity index (χ0) is 16.7. The smallest absolute Gasteiger partial charge is 0.233 e. The summed E-state index contributed by atoms with van der Waals surface area (Å²) in [5, 5.41) is 3.37. The van der Waals surface area contributed by atoms with Crippen LogP contribution in [0.15, 0.2) is 0 Å². The van der Waals surface area contributed by atoms with Crippen molar-refractivity contribution in [1.82, 2.24) is 10.2 Å². The van der Waals surface area contributed by atoms with Crippen molar-refractivity contribution in [3.8, 4) is 0 Å². The first-order valence-electron chi connectivity index (χ1n) is 9.31. The molecule has 134 valence electrons. The van der Waals surface area contributed by atoms with E-state index in [1.54, 1.807) is 11.8 Å². The maximum atomic E-state index is 12.7. The van der Waals surface area contributed by atoms with E-state index in [2.05, 4.69) is 31.0 Å². The highest BCUT2D eigenvalue weighted by atomic mass is 32.2. The van der Waals surface area contributed by atoms with Crippen molar-refractivity contribution in [2.75, 3.05) is 38.6 Å². The van der Waals surface area contributed by atoms with Crippen molar-refractivity contribution in [2.24, 2.45) is 5.92 Å². The number of carbonyl (C=O) groups is 1. The Morgan fingerprint density at radius 1 is 1.22 bits per heavy atom. The van der Waals surface area contributed by atoms with Gasteiger partial charge >= 0.3 is 0 Å². The largest absolute Gasteiger partial charge is 0.381 e. The predicted molar refractivity (Wildman–Crippen MR) is 98.0 cm³/mol. The summed E-state index contributed by atoms with van der Waals surface area (Å²) < 4.78 is 5.60. The number of piperidine rings is 1. The number of likely N-dealkylation sites (tertiary alicyclic amines) is 1. The van der Waals surface area contributed by atoms with Gasteiger partial charge in [0, 0.05) is 25.3 Å². The van der Waals surface area contributed by atoms with Gasteiger partial charge in [0.25, 0.3) is 0 Å². The van der Waals surface area contributed by atoms with Crippen molar-refractivity contribution in [3.63, 3.8) is 0 Å². The first-order chi connectivity index (χ1) is 11.1.